The molecule has 1 unspecified atom stereocenters. The number of nitrogens with one attached hydrogen (secondary N) is 2. The zero-order chi connectivity index (χ0) is 21.6. The van der Waals surface area contributed by atoms with Crippen molar-refractivity contribution in [3.05, 3.63) is 47.0 Å². The SMILES string of the molecule is COc1ccc(C2CCC2)c2c1C(C(=O)NS(=O)(=O)c1cccc3c1CCCN3)CO2. The van der Waals surface area contributed by atoms with Crippen LogP contribution in [0, 0.1) is 0 Å². The smallest absolute Gasteiger partial charge is 0.264 e. The lowest BCUT2D eigenvalue weighted by Crippen LogP contribution is -2.36. The van der Waals surface area contributed by atoms with Gasteiger partial charge in [0.2, 0.25) is 5.91 Å². The molecule has 2 N–H and O–H groups in total. The maximum atomic E-state index is 13.2. The molecule has 0 radical (unpaired) electrons. The van der Waals surface area contributed by atoms with E-state index in [1.54, 1.807) is 19.2 Å². The predicted octanol–water partition coefficient (Wildman–Crippen LogP) is 3.30. The summed E-state index contributed by atoms with van der Waals surface area (Å²) in [7, 11) is -2.47. The fourth-order valence-corrected chi connectivity index (χ4v) is 6.06. The Balaban J connectivity index is 1.45. The first-order valence-corrected chi connectivity index (χ1v) is 12.2. The lowest BCUT2D eigenvalue weighted by Gasteiger charge is -2.27. The van der Waals surface area contributed by atoms with Crippen LogP contribution in [0.3, 0.4) is 0 Å². The molecule has 1 atom stereocenters. The lowest BCUT2D eigenvalue weighted by atomic mass is 9.78. The molecule has 2 aromatic rings. The van der Waals surface area contributed by atoms with Gasteiger partial charge in [-0.3, -0.25) is 4.79 Å². The van der Waals surface area contributed by atoms with E-state index in [1.807, 2.05) is 18.2 Å². The van der Waals surface area contributed by atoms with Crippen LogP contribution in [0.15, 0.2) is 35.2 Å². The maximum absolute atomic E-state index is 13.2. The molecule has 1 saturated carbocycles. The van der Waals surface area contributed by atoms with Gasteiger partial charge in [-0.2, -0.15) is 0 Å². The number of amides is 1. The van der Waals surface area contributed by atoms with Crippen LogP contribution >= 0.6 is 0 Å². The molecule has 7 nitrogen and oxygen atoms in total. The van der Waals surface area contributed by atoms with Gasteiger partial charge in [-0.15, -0.1) is 0 Å². The molecule has 0 aromatic heterocycles. The number of methoxy groups -OCH3 is 1. The Morgan fingerprint density at radius 2 is 2.03 bits per heavy atom. The first kappa shape index (κ1) is 20.2. The number of benzene rings is 2. The highest BCUT2D eigenvalue weighted by Gasteiger charge is 2.39. The van der Waals surface area contributed by atoms with Gasteiger partial charge in [0.15, 0.2) is 0 Å². The predicted molar refractivity (Wildman–Crippen MR) is 116 cm³/mol. The van der Waals surface area contributed by atoms with E-state index < -0.39 is 21.8 Å². The molecule has 2 aliphatic heterocycles. The van der Waals surface area contributed by atoms with Gasteiger partial charge in [-0.25, -0.2) is 13.1 Å². The Kier molecular flexibility index (Phi) is 5.04. The van der Waals surface area contributed by atoms with Crippen molar-refractivity contribution in [1.29, 1.82) is 0 Å². The lowest BCUT2D eigenvalue weighted by molar-refractivity contribution is -0.121. The second kappa shape index (κ2) is 7.75. The van der Waals surface area contributed by atoms with Gasteiger partial charge in [0, 0.05) is 12.2 Å². The number of hydrogen-bond acceptors (Lipinski definition) is 6. The number of fused-ring (bicyclic) bond motifs is 2. The fourth-order valence-electron chi connectivity index (χ4n) is 4.75. The Bertz CT molecular complexity index is 1140. The number of hydrogen-bond donors (Lipinski definition) is 2. The molecule has 2 heterocycles. The zero-order valence-corrected chi connectivity index (χ0v) is 18.3. The van der Waals surface area contributed by atoms with Crippen LogP contribution in [0.2, 0.25) is 0 Å². The minimum absolute atomic E-state index is 0.102. The number of sulfonamides is 1. The molecule has 8 heteroatoms. The summed E-state index contributed by atoms with van der Waals surface area (Å²) in [6.45, 7) is 0.910. The van der Waals surface area contributed by atoms with Crippen LogP contribution in [0.5, 0.6) is 11.5 Å². The maximum Gasteiger partial charge on any atom is 0.264 e. The van der Waals surface area contributed by atoms with E-state index in [2.05, 4.69) is 10.0 Å². The summed E-state index contributed by atoms with van der Waals surface area (Å²) in [6.07, 6.45) is 4.88. The molecule has 5 rings (SSSR count). The summed E-state index contributed by atoms with van der Waals surface area (Å²) < 4.78 is 40.0. The van der Waals surface area contributed by atoms with Gasteiger partial charge in [-0.1, -0.05) is 18.6 Å². The van der Waals surface area contributed by atoms with Crippen LogP contribution < -0.4 is 19.5 Å². The van der Waals surface area contributed by atoms with Gasteiger partial charge >= 0.3 is 0 Å². The number of carbonyl (C=O) groups excluding carboxylic acids is 1. The second-order valence-corrected chi connectivity index (χ2v) is 10.0. The molecular weight excluding hydrogens is 416 g/mol. The van der Waals surface area contributed by atoms with E-state index in [0.717, 1.165) is 42.6 Å². The average molecular weight is 443 g/mol. The van der Waals surface area contributed by atoms with Crippen molar-refractivity contribution in [1.82, 2.24) is 4.72 Å². The van der Waals surface area contributed by atoms with Crippen molar-refractivity contribution in [3.63, 3.8) is 0 Å². The van der Waals surface area contributed by atoms with Crippen molar-refractivity contribution < 1.29 is 22.7 Å². The molecular formula is C23H26N2O5S. The van der Waals surface area contributed by atoms with Crippen LogP contribution in [0.4, 0.5) is 5.69 Å². The van der Waals surface area contributed by atoms with E-state index >= 15 is 0 Å². The van der Waals surface area contributed by atoms with Crippen LogP contribution in [-0.4, -0.2) is 34.6 Å². The molecule has 164 valence electrons. The molecule has 1 fully saturated rings. The van der Waals surface area contributed by atoms with Gasteiger partial charge in [-0.05, 0) is 60.9 Å². The van der Waals surface area contributed by atoms with E-state index in [0.29, 0.717) is 29.4 Å². The minimum atomic E-state index is -4.02. The average Bonchev–Trinajstić information content (AvgIpc) is 3.18. The Hall–Kier alpha value is -2.74. The van der Waals surface area contributed by atoms with E-state index in [9.17, 15) is 13.2 Å². The van der Waals surface area contributed by atoms with Crippen molar-refractivity contribution in [2.45, 2.75) is 48.8 Å². The summed E-state index contributed by atoms with van der Waals surface area (Å²) in [4.78, 5) is 13.3. The van der Waals surface area contributed by atoms with Crippen molar-refractivity contribution in [3.8, 4) is 11.5 Å². The summed E-state index contributed by atoms with van der Waals surface area (Å²) in [5.41, 5.74) is 3.27. The van der Waals surface area contributed by atoms with Crippen LogP contribution in [-0.2, 0) is 21.2 Å². The van der Waals surface area contributed by atoms with Crippen molar-refractivity contribution in [2.24, 2.45) is 0 Å². The fraction of sp³-hybridized carbons (Fsp3) is 0.435. The van der Waals surface area contributed by atoms with Crippen molar-refractivity contribution >= 4 is 21.6 Å². The highest BCUT2D eigenvalue weighted by molar-refractivity contribution is 7.90. The molecule has 3 aliphatic rings. The van der Waals surface area contributed by atoms with E-state index in [1.165, 1.54) is 6.42 Å². The highest BCUT2D eigenvalue weighted by atomic mass is 32.2. The molecule has 31 heavy (non-hydrogen) atoms. The summed E-state index contributed by atoms with van der Waals surface area (Å²) in [5.74, 6) is 0.326. The molecule has 1 amide bonds. The summed E-state index contributed by atoms with van der Waals surface area (Å²) >= 11 is 0. The van der Waals surface area contributed by atoms with Crippen molar-refractivity contribution in [2.75, 3.05) is 25.6 Å². The van der Waals surface area contributed by atoms with Crippen LogP contribution in [0.1, 0.15) is 54.2 Å². The van der Waals surface area contributed by atoms with Gasteiger partial charge in [0.1, 0.15) is 24.0 Å². The molecule has 0 spiro atoms. The normalized spacial score (nSPS) is 20.0. The second-order valence-electron chi connectivity index (χ2n) is 8.37. The Labute approximate surface area is 182 Å². The quantitative estimate of drug-likeness (QED) is 0.738. The third kappa shape index (κ3) is 3.43. The third-order valence-corrected chi connectivity index (χ3v) is 8.02. The zero-order valence-electron chi connectivity index (χ0n) is 17.4. The van der Waals surface area contributed by atoms with Gasteiger partial charge in [0.25, 0.3) is 10.0 Å². The Morgan fingerprint density at radius 1 is 1.19 bits per heavy atom. The summed E-state index contributed by atoms with van der Waals surface area (Å²) in [5, 5.41) is 3.23. The monoisotopic (exact) mass is 442 g/mol. The number of ether oxygens (including phenoxy) is 2. The Morgan fingerprint density at radius 3 is 2.77 bits per heavy atom. The topological polar surface area (TPSA) is 93.7 Å². The molecule has 1 aliphatic carbocycles. The van der Waals surface area contributed by atoms with E-state index in [-0.39, 0.29) is 11.5 Å². The standard InChI is InChI=1S/C23H26N2O5S/c1-29-19-11-10-15(14-5-2-6-14)22-21(19)17(13-30-22)23(26)25-31(27,28)20-9-3-8-18-16(20)7-4-12-24-18/h3,8-11,14,17,24H,2,4-7,12-13H2,1H3,(H,25,26). The first-order valence-electron chi connectivity index (χ1n) is 10.8. The van der Waals surface area contributed by atoms with Gasteiger partial charge in [0.05, 0.1) is 17.6 Å². The third-order valence-electron chi connectivity index (χ3n) is 6.59. The largest absolute Gasteiger partial charge is 0.496 e. The van der Waals surface area contributed by atoms with Gasteiger partial charge < -0.3 is 14.8 Å². The number of rotatable bonds is 5. The first-order chi connectivity index (χ1) is 15.0. The number of anilines is 1. The highest BCUT2D eigenvalue weighted by Crippen LogP contribution is 2.49. The number of carbonyl (C=O) groups is 1. The molecule has 0 bridgehead atoms. The van der Waals surface area contributed by atoms with E-state index in [4.69, 9.17) is 9.47 Å². The molecule has 0 saturated heterocycles. The van der Waals surface area contributed by atoms with Crippen LogP contribution in [0.25, 0.3) is 0 Å². The molecule has 2 aromatic carbocycles. The minimum Gasteiger partial charge on any atom is -0.496 e. The summed E-state index contributed by atoms with van der Waals surface area (Å²) in [6, 6.07) is 8.97.